The summed E-state index contributed by atoms with van der Waals surface area (Å²) in [5, 5.41) is 25.0. The molecule has 2 aromatic carbocycles. The van der Waals surface area contributed by atoms with Crippen molar-refractivity contribution in [2.75, 3.05) is 39.6 Å². The maximum Gasteiger partial charge on any atom is 0.407 e. The van der Waals surface area contributed by atoms with E-state index in [-0.39, 0.29) is 50.3 Å². The highest BCUT2D eigenvalue weighted by Crippen LogP contribution is 2.36. The average molecular weight is 692 g/mol. The number of hydrogen-bond acceptors (Lipinski definition) is 11. The van der Waals surface area contributed by atoms with Gasteiger partial charge in [-0.25, -0.2) is 18.3 Å². The monoisotopic (exact) mass is 691 g/mol. The Morgan fingerprint density at radius 2 is 1.85 bits per heavy atom. The minimum absolute atomic E-state index is 0.0165. The number of nitrogens with one attached hydrogen (secondary N) is 1. The van der Waals surface area contributed by atoms with Crippen LogP contribution in [0.4, 0.5) is 4.79 Å². The normalized spacial score (nSPS) is 21.5. The van der Waals surface area contributed by atoms with Gasteiger partial charge in [-0.05, 0) is 48.8 Å². The van der Waals surface area contributed by atoms with E-state index in [2.05, 4.69) is 5.32 Å². The number of carbonyl (C=O) groups is 2. The smallest absolute Gasteiger partial charge is 0.407 e. The second kappa shape index (κ2) is 15.4. The van der Waals surface area contributed by atoms with Gasteiger partial charge in [0.05, 0.1) is 36.2 Å². The van der Waals surface area contributed by atoms with Gasteiger partial charge in [0.2, 0.25) is 22.7 Å². The van der Waals surface area contributed by atoms with Crippen molar-refractivity contribution < 1.29 is 52.0 Å². The lowest BCUT2D eigenvalue weighted by Crippen LogP contribution is -2.52. The van der Waals surface area contributed by atoms with Crippen LogP contribution in [0.5, 0.6) is 11.5 Å². The fourth-order valence-corrected chi connectivity index (χ4v) is 7.88. The Morgan fingerprint density at radius 1 is 1.10 bits per heavy atom. The molecule has 3 heterocycles. The third-order valence-corrected chi connectivity index (χ3v) is 10.7. The summed E-state index contributed by atoms with van der Waals surface area (Å²) in [4.78, 5) is 24.6. The van der Waals surface area contributed by atoms with Crippen molar-refractivity contribution in [3.05, 3.63) is 54.1 Å². The number of aliphatic hydroxyl groups is 1. The molecule has 14 nitrogen and oxygen atoms in total. The number of hydrogen-bond donors (Lipinski definition) is 3. The number of rotatable bonds is 15. The van der Waals surface area contributed by atoms with Crippen LogP contribution in [0.25, 0.3) is 0 Å². The Morgan fingerprint density at radius 3 is 2.60 bits per heavy atom. The molecule has 0 saturated carbocycles. The molecule has 0 spiro atoms. The van der Waals surface area contributed by atoms with E-state index in [0.29, 0.717) is 42.4 Å². The fraction of sp³-hybridized carbons (Fsp3) is 0.576. The van der Waals surface area contributed by atoms with Crippen molar-refractivity contribution in [3.8, 4) is 11.5 Å². The van der Waals surface area contributed by atoms with Crippen molar-refractivity contribution in [1.82, 2.24) is 14.7 Å². The quantitative estimate of drug-likeness (QED) is 0.185. The zero-order valence-electron chi connectivity index (χ0n) is 27.4. The average Bonchev–Trinajstić information content (AvgIpc) is 3.79. The molecule has 3 unspecified atom stereocenters. The number of sulfonamides is 1. The topological polar surface area (TPSA) is 173 Å². The lowest BCUT2D eigenvalue weighted by atomic mass is 9.87. The Labute approximate surface area is 280 Å². The number of benzene rings is 2. The van der Waals surface area contributed by atoms with Gasteiger partial charge in [0.15, 0.2) is 17.8 Å². The number of alkyl carbamates (subject to hydrolysis) is 1. The van der Waals surface area contributed by atoms with E-state index in [1.807, 2.05) is 44.2 Å². The molecule has 2 saturated heterocycles. The predicted octanol–water partition coefficient (Wildman–Crippen LogP) is 2.91. The molecule has 2 aromatic rings. The number of amides is 2. The van der Waals surface area contributed by atoms with Gasteiger partial charge in [0.25, 0.3) is 0 Å². The van der Waals surface area contributed by atoms with E-state index in [9.17, 15) is 28.3 Å². The lowest BCUT2D eigenvalue weighted by Gasteiger charge is -2.35. The number of aliphatic hydroxyl groups excluding tert-OH is 1. The maximum atomic E-state index is 14.2. The highest BCUT2D eigenvalue weighted by atomic mass is 32.2. The van der Waals surface area contributed by atoms with Crippen LogP contribution in [-0.4, -0.2) is 104 Å². The van der Waals surface area contributed by atoms with Crippen LogP contribution in [-0.2, 0) is 35.4 Å². The Hall–Kier alpha value is -3.47. The van der Waals surface area contributed by atoms with Gasteiger partial charge in [-0.2, -0.15) is 4.31 Å². The number of nitrogens with zero attached hydrogens (tertiary/aromatic N) is 2. The van der Waals surface area contributed by atoms with Crippen LogP contribution in [0.3, 0.4) is 0 Å². The fourth-order valence-electron chi connectivity index (χ4n) is 6.21. The van der Waals surface area contributed by atoms with Gasteiger partial charge in [-0.1, -0.05) is 44.2 Å². The molecule has 5 rings (SSSR count). The Kier molecular flexibility index (Phi) is 11.5. The number of fused-ring (bicyclic) bond motifs is 2. The van der Waals surface area contributed by atoms with E-state index in [1.165, 1.54) is 29.4 Å². The first kappa shape index (κ1) is 35.8. The molecule has 3 aliphatic heterocycles. The van der Waals surface area contributed by atoms with Crippen molar-refractivity contribution in [3.63, 3.8) is 0 Å². The summed E-state index contributed by atoms with van der Waals surface area (Å²) in [5.74, 6) is 0.149. The molecule has 0 bridgehead atoms. The van der Waals surface area contributed by atoms with Crippen LogP contribution < -0.4 is 14.8 Å². The van der Waals surface area contributed by atoms with E-state index in [1.54, 1.807) is 0 Å². The first-order chi connectivity index (χ1) is 22.8. The molecule has 48 heavy (non-hydrogen) atoms. The van der Waals surface area contributed by atoms with Crippen molar-refractivity contribution in [2.45, 2.75) is 75.9 Å². The van der Waals surface area contributed by atoms with Crippen molar-refractivity contribution in [2.24, 2.45) is 11.3 Å². The molecular weight excluding hydrogens is 646 g/mol. The Balaban J connectivity index is 1.36. The summed E-state index contributed by atoms with van der Waals surface area (Å²) in [5.41, 5.74) is 0.171. The van der Waals surface area contributed by atoms with Crippen molar-refractivity contribution >= 4 is 22.0 Å². The lowest BCUT2D eigenvalue weighted by molar-refractivity contribution is -0.163. The van der Waals surface area contributed by atoms with E-state index in [0.717, 1.165) is 5.56 Å². The molecule has 0 aliphatic carbocycles. The first-order valence-corrected chi connectivity index (χ1v) is 17.6. The minimum atomic E-state index is -4.22. The van der Waals surface area contributed by atoms with Gasteiger partial charge in [-0.15, -0.1) is 0 Å². The number of carbonyl (C=O) groups excluding carboxylic acids is 2. The molecule has 3 aliphatic rings. The zero-order valence-corrected chi connectivity index (χ0v) is 28.3. The van der Waals surface area contributed by atoms with Gasteiger partial charge >= 0.3 is 6.09 Å². The SMILES string of the molecule is CC(=O)N(O)CCCC(C)(C)CN(C[C@@H](O)[C@H](Cc1ccccc1)NC(=O)OC1COC2OCCC12)S(=O)(=O)c1ccc2c(c1)OCO2. The maximum absolute atomic E-state index is 14.2. The molecule has 2 amide bonds. The zero-order chi connectivity index (χ0) is 34.5. The molecular formula is C33H45N3O11S. The van der Waals surface area contributed by atoms with Crippen LogP contribution in [0.2, 0.25) is 0 Å². The van der Waals surface area contributed by atoms with Crippen LogP contribution in [0, 0.1) is 11.3 Å². The number of hydroxylamine groups is 2. The molecule has 5 atom stereocenters. The largest absolute Gasteiger partial charge is 0.454 e. The summed E-state index contributed by atoms with van der Waals surface area (Å²) in [7, 11) is -4.22. The molecule has 3 N–H and O–H groups in total. The van der Waals surface area contributed by atoms with Crippen LogP contribution >= 0.6 is 0 Å². The minimum Gasteiger partial charge on any atom is -0.454 e. The highest BCUT2D eigenvalue weighted by molar-refractivity contribution is 7.89. The molecule has 0 radical (unpaired) electrons. The van der Waals surface area contributed by atoms with Gasteiger partial charge < -0.3 is 34.1 Å². The summed E-state index contributed by atoms with van der Waals surface area (Å²) >= 11 is 0. The summed E-state index contributed by atoms with van der Waals surface area (Å²) in [6, 6.07) is 12.7. The first-order valence-electron chi connectivity index (χ1n) is 16.1. The van der Waals surface area contributed by atoms with E-state index >= 15 is 0 Å². The second-order valence-electron chi connectivity index (χ2n) is 13.2. The summed E-state index contributed by atoms with van der Waals surface area (Å²) < 4.78 is 57.3. The third-order valence-electron chi connectivity index (χ3n) is 8.87. The highest BCUT2D eigenvalue weighted by Gasteiger charge is 2.44. The molecule has 2 fully saturated rings. The third kappa shape index (κ3) is 8.95. The van der Waals surface area contributed by atoms with Crippen LogP contribution in [0.1, 0.15) is 45.6 Å². The van der Waals surface area contributed by atoms with Gasteiger partial charge in [-0.3, -0.25) is 10.0 Å². The summed E-state index contributed by atoms with van der Waals surface area (Å²) in [6.45, 7) is 5.40. The van der Waals surface area contributed by atoms with Crippen molar-refractivity contribution in [1.29, 1.82) is 0 Å². The molecule has 15 heteroatoms. The van der Waals surface area contributed by atoms with Crippen LogP contribution in [0.15, 0.2) is 53.4 Å². The Bertz CT molecular complexity index is 1520. The van der Waals surface area contributed by atoms with E-state index < -0.39 is 52.0 Å². The molecule has 264 valence electrons. The number of ether oxygens (including phenoxy) is 5. The second-order valence-corrected chi connectivity index (χ2v) is 15.1. The standard InChI is InChI=1S/C33H45N3O11S/c1-22(37)36(40)14-7-13-33(2,3)20-35(48(41,42)24-10-11-28-29(17-24)46-21-45-28)18-27(38)26(16-23-8-5-4-6-9-23)34-32(39)47-30-19-44-31-25(30)12-15-43-31/h4-6,8-11,17,25-27,30-31,38,40H,7,12-16,18-21H2,1-3H3,(H,34,39)/t25?,26-,27+,30?,31?/m0/s1. The molecule has 0 aromatic heterocycles. The predicted molar refractivity (Wildman–Crippen MR) is 171 cm³/mol. The van der Waals surface area contributed by atoms with Gasteiger partial charge in [0, 0.05) is 32.6 Å². The van der Waals surface area contributed by atoms with E-state index in [4.69, 9.17) is 23.7 Å². The van der Waals surface area contributed by atoms with Gasteiger partial charge in [0.1, 0.15) is 6.10 Å². The summed E-state index contributed by atoms with van der Waals surface area (Å²) in [6.07, 6.45) is -1.26.